The Morgan fingerprint density at radius 3 is 2.58 bits per heavy atom. The van der Waals surface area contributed by atoms with Crippen molar-refractivity contribution in [2.45, 2.75) is 44.7 Å². The molecule has 0 fully saturated rings. The Balaban J connectivity index is 2.05. The van der Waals surface area contributed by atoms with Crippen LogP contribution in [-0.2, 0) is 0 Å². The summed E-state index contributed by atoms with van der Waals surface area (Å²) >= 11 is 3.92. The minimum atomic E-state index is 0.00780. The Labute approximate surface area is 172 Å². The van der Waals surface area contributed by atoms with Crippen molar-refractivity contribution in [1.82, 2.24) is 9.55 Å². The van der Waals surface area contributed by atoms with Gasteiger partial charge in [-0.3, -0.25) is 9.36 Å². The maximum Gasteiger partial charge on any atom is 0.266 e. The van der Waals surface area contributed by atoms with Crippen LogP contribution in [0, 0.1) is 10.5 Å². The third-order valence-corrected chi connectivity index (χ3v) is 6.02. The van der Waals surface area contributed by atoms with Crippen molar-refractivity contribution in [2.75, 3.05) is 5.75 Å². The number of fused-ring (bicyclic) bond motifs is 1. The monoisotopic (exact) mass is 478 g/mol. The van der Waals surface area contributed by atoms with E-state index in [1.165, 1.54) is 24.8 Å². The molecular weight excluding hydrogens is 455 g/mol. The minimum absolute atomic E-state index is 0.00780. The Kier molecular flexibility index (Phi) is 6.75. The zero-order valence-corrected chi connectivity index (χ0v) is 18.1. The number of nitrogens with zero attached hydrogens (tertiary/aromatic N) is 2. The molecule has 136 valence electrons. The molecule has 1 heterocycles. The number of aromatic nitrogens is 2. The van der Waals surface area contributed by atoms with Crippen LogP contribution in [0.4, 0.5) is 0 Å². The van der Waals surface area contributed by atoms with Gasteiger partial charge < -0.3 is 0 Å². The van der Waals surface area contributed by atoms with Crippen molar-refractivity contribution in [3.63, 3.8) is 0 Å². The molecule has 0 aliphatic carbocycles. The van der Waals surface area contributed by atoms with E-state index in [1.807, 2.05) is 42.5 Å². The molecule has 0 unspecified atom stereocenters. The SMILES string of the molecule is CCCCCCSc1nc2ccc(I)cc2c(=O)n1-c1ccc(C)cc1. The normalized spacial score (nSPS) is 11.2. The van der Waals surface area contributed by atoms with Crippen LogP contribution in [0.25, 0.3) is 16.6 Å². The Hall–Kier alpha value is -1.34. The number of halogens is 1. The molecule has 0 aliphatic heterocycles. The second-order valence-electron chi connectivity index (χ2n) is 6.44. The first-order valence-corrected chi connectivity index (χ1v) is 11.1. The van der Waals surface area contributed by atoms with E-state index in [4.69, 9.17) is 4.98 Å². The molecule has 3 nitrogen and oxygen atoms in total. The van der Waals surface area contributed by atoms with Crippen molar-refractivity contribution in [1.29, 1.82) is 0 Å². The average molecular weight is 478 g/mol. The van der Waals surface area contributed by atoms with Crippen molar-refractivity contribution < 1.29 is 0 Å². The van der Waals surface area contributed by atoms with Gasteiger partial charge in [-0.2, -0.15) is 0 Å². The van der Waals surface area contributed by atoms with Gasteiger partial charge in [0, 0.05) is 9.32 Å². The van der Waals surface area contributed by atoms with Crippen LogP contribution in [0.1, 0.15) is 38.2 Å². The summed E-state index contributed by atoms with van der Waals surface area (Å²) in [5, 5.41) is 1.46. The zero-order chi connectivity index (χ0) is 18.5. The van der Waals surface area contributed by atoms with Gasteiger partial charge >= 0.3 is 0 Å². The van der Waals surface area contributed by atoms with E-state index >= 15 is 0 Å². The predicted molar refractivity (Wildman–Crippen MR) is 120 cm³/mol. The van der Waals surface area contributed by atoms with Crippen LogP contribution >= 0.6 is 34.4 Å². The standard InChI is InChI=1S/C21H23IN2OS/c1-3-4-5-6-13-26-21-23-19-12-9-16(22)14-18(19)20(25)24(21)17-10-7-15(2)8-11-17/h7-12,14H,3-6,13H2,1-2H3. The molecule has 0 atom stereocenters. The van der Waals surface area contributed by atoms with Gasteiger partial charge in [0.15, 0.2) is 5.16 Å². The highest BCUT2D eigenvalue weighted by atomic mass is 127. The molecule has 0 saturated heterocycles. The number of unbranched alkanes of at least 4 members (excludes halogenated alkanes) is 3. The fourth-order valence-electron chi connectivity index (χ4n) is 2.85. The highest BCUT2D eigenvalue weighted by Crippen LogP contribution is 2.23. The van der Waals surface area contributed by atoms with Gasteiger partial charge in [-0.05, 0) is 66.3 Å². The summed E-state index contributed by atoms with van der Waals surface area (Å²) < 4.78 is 2.81. The summed E-state index contributed by atoms with van der Waals surface area (Å²) in [6, 6.07) is 13.9. The molecular formula is C21H23IN2OS. The van der Waals surface area contributed by atoms with E-state index in [0.29, 0.717) is 5.39 Å². The third kappa shape index (κ3) is 4.49. The van der Waals surface area contributed by atoms with Crippen LogP contribution in [0.15, 0.2) is 52.4 Å². The number of hydrogen-bond donors (Lipinski definition) is 0. The molecule has 0 saturated carbocycles. The van der Waals surface area contributed by atoms with Crippen LogP contribution in [0.5, 0.6) is 0 Å². The fraction of sp³-hybridized carbons (Fsp3) is 0.333. The smallest absolute Gasteiger partial charge is 0.266 e. The Morgan fingerprint density at radius 2 is 1.85 bits per heavy atom. The predicted octanol–water partition coefficient (Wildman–Crippen LogP) is 5.97. The topological polar surface area (TPSA) is 34.9 Å². The first-order chi connectivity index (χ1) is 12.6. The van der Waals surface area contributed by atoms with Gasteiger partial charge in [-0.25, -0.2) is 4.98 Å². The van der Waals surface area contributed by atoms with E-state index in [-0.39, 0.29) is 5.56 Å². The average Bonchev–Trinajstić information content (AvgIpc) is 2.63. The van der Waals surface area contributed by atoms with Crippen LogP contribution in [0.3, 0.4) is 0 Å². The van der Waals surface area contributed by atoms with Crippen molar-refractivity contribution in [2.24, 2.45) is 0 Å². The quantitative estimate of drug-likeness (QED) is 0.182. The Bertz CT molecular complexity index is 951. The summed E-state index contributed by atoms with van der Waals surface area (Å²) in [5.74, 6) is 0.980. The van der Waals surface area contributed by atoms with Crippen molar-refractivity contribution in [3.05, 3.63) is 62.0 Å². The van der Waals surface area contributed by atoms with E-state index in [0.717, 1.165) is 32.1 Å². The van der Waals surface area contributed by atoms with Crippen LogP contribution < -0.4 is 5.56 Å². The lowest BCUT2D eigenvalue weighted by Gasteiger charge is -2.13. The Morgan fingerprint density at radius 1 is 1.08 bits per heavy atom. The molecule has 5 heteroatoms. The third-order valence-electron chi connectivity index (χ3n) is 4.32. The lowest BCUT2D eigenvalue weighted by atomic mass is 10.2. The second kappa shape index (κ2) is 9.04. The summed E-state index contributed by atoms with van der Waals surface area (Å²) in [4.78, 5) is 18.0. The lowest BCUT2D eigenvalue weighted by molar-refractivity contribution is 0.705. The van der Waals surface area contributed by atoms with E-state index in [9.17, 15) is 4.79 Å². The maximum atomic E-state index is 13.2. The van der Waals surface area contributed by atoms with E-state index < -0.39 is 0 Å². The first-order valence-electron chi connectivity index (χ1n) is 9.02. The molecule has 0 amide bonds. The highest BCUT2D eigenvalue weighted by molar-refractivity contribution is 14.1. The van der Waals surface area contributed by atoms with Gasteiger partial charge in [0.2, 0.25) is 0 Å². The number of thioether (sulfide) groups is 1. The second-order valence-corrected chi connectivity index (χ2v) is 8.75. The van der Waals surface area contributed by atoms with Crippen molar-refractivity contribution in [3.8, 4) is 5.69 Å². The molecule has 3 rings (SSSR count). The molecule has 3 aromatic rings. The highest BCUT2D eigenvalue weighted by Gasteiger charge is 2.13. The summed E-state index contributed by atoms with van der Waals surface area (Å²) in [6.07, 6.45) is 4.86. The van der Waals surface area contributed by atoms with Gasteiger partial charge in [-0.15, -0.1) is 0 Å². The molecule has 26 heavy (non-hydrogen) atoms. The maximum absolute atomic E-state index is 13.2. The number of hydrogen-bond acceptors (Lipinski definition) is 3. The summed E-state index contributed by atoms with van der Waals surface area (Å²) in [7, 11) is 0. The molecule has 2 aromatic carbocycles. The summed E-state index contributed by atoms with van der Waals surface area (Å²) in [6.45, 7) is 4.27. The van der Waals surface area contributed by atoms with E-state index in [2.05, 4.69) is 36.4 Å². The molecule has 0 radical (unpaired) electrons. The fourth-order valence-corrected chi connectivity index (χ4v) is 4.35. The lowest BCUT2D eigenvalue weighted by Crippen LogP contribution is -2.22. The summed E-state index contributed by atoms with van der Waals surface area (Å²) in [5.41, 5.74) is 2.84. The van der Waals surface area contributed by atoms with E-state index in [1.54, 1.807) is 16.3 Å². The molecule has 0 bridgehead atoms. The molecule has 0 N–H and O–H groups in total. The number of benzene rings is 2. The molecule has 1 aromatic heterocycles. The van der Waals surface area contributed by atoms with Gasteiger partial charge in [0.05, 0.1) is 16.6 Å². The van der Waals surface area contributed by atoms with Crippen molar-refractivity contribution >= 4 is 45.3 Å². The minimum Gasteiger partial charge on any atom is -0.268 e. The van der Waals surface area contributed by atoms with Gasteiger partial charge in [0.25, 0.3) is 5.56 Å². The molecule has 0 spiro atoms. The van der Waals surface area contributed by atoms with Crippen LogP contribution in [-0.4, -0.2) is 15.3 Å². The largest absolute Gasteiger partial charge is 0.268 e. The first kappa shape index (κ1) is 19.4. The van der Waals surface area contributed by atoms with Crippen LogP contribution in [0.2, 0.25) is 0 Å². The zero-order valence-electron chi connectivity index (χ0n) is 15.2. The number of aryl methyl sites for hydroxylation is 1. The molecule has 0 aliphatic rings. The van der Waals surface area contributed by atoms with Gasteiger partial charge in [0.1, 0.15) is 0 Å². The van der Waals surface area contributed by atoms with Gasteiger partial charge in [-0.1, -0.05) is 55.6 Å². The number of rotatable bonds is 7.